The summed E-state index contributed by atoms with van der Waals surface area (Å²) in [6.07, 6.45) is 5.74. The minimum Gasteiger partial charge on any atom is -0.334 e. The number of hydrogen-bond donors (Lipinski definition) is 0. The van der Waals surface area contributed by atoms with Crippen molar-refractivity contribution in [2.45, 2.75) is 43.7 Å². The van der Waals surface area contributed by atoms with Gasteiger partial charge in [-0.25, -0.2) is 17.8 Å². The molecule has 0 N–H and O–H groups in total. The van der Waals surface area contributed by atoms with E-state index in [-0.39, 0.29) is 53.1 Å². The fourth-order valence-electron chi connectivity index (χ4n) is 4.46. The number of carbonyl (C=O) groups is 1. The van der Waals surface area contributed by atoms with Crippen molar-refractivity contribution in [1.29, 1.82) is 0 Å². The molecule has 0 spiro atoms. The Morgan fingerprint density at radius 3 is 2.36 bits per heavy atom. The molecule has 2 aliphatic rings. The highest BCUT2D eigenvalue weighted by Gasteiger charge is 2.32. The molecule has 4 rings (SSSR count). The fourth-order valence-corrected chi connectivity index (χ4v) is 5.25. The first-order valence-electron chi connectivity index (χ1n) is 10.9. The average Bonchev–Trinajstić information content (AvgIpc) is 3.46. The molecule has 0 bridgehead atoms. The molecule has 2 aromatic rings. The van der Waals surface area contributed by atoms with Crippen LogP contribution in [0.4, 0.5) is 4.39 Å². The van der Waals surface area contributed by atoms with Gasteiger partial charge in [-0.2, -0.15) is 0 Å². The first kappa shape index (κ1) is 27.5. The number of amides is 1. The second-order valence-corrected chi connectivity index (χ2v) is 10.5. The van der Waals surface area contributed by atoms with Gasteiger partial charge in [0.1, 0.15) is 5.82 Å². The highest BCUT2D eigenvalue weighted by Crippen LogP contribution is 2.26. The van der Waals surface area contributed by atoms with Crippen LogP contribution in [-0.2, 0) is 9.84 Å². The summed E-state index contributed by atoms with van der Waals surface area (Å²) in [5.74, 6) is -0.854. The molecule has 1 amide bonds. The van der Waals surface area contributed by atoms with Crippen LogP contribution in [0.2, 0.25) is 0 Å². The molecule has 2 fully saturated rings. The summed E-state index contributed by atoms with van der Waals surface area (Å²) in [5, 5.41) is 0.00379. The standard InChI is InChI=1S/C23H28FN3O3S.2ClH/c1-2-31(29,30)22-10-8-18(15-25-22)17-7-9-20(21(24)14-17)23(28)27-13-5-6-19(27)16-26-11-3-4-12-26;;/h7-10,14-15,19H,2-6,11-13,16H2,1H3;2*1H/t19-;;/m0../s1. The molecule has 0 unspecified atom stereocenters. The third kappa shape index (κ3) is 6.04. The van der Waals surface area contributed by atoms with Crippen molar-refractivity contribution in [3.63, 3.8) is 0 Å². The molecule has 1 atom stereocenters. The van der Waals surface area contributed by atoms with Crippen LogP contribution in [0.25, 0.3) is 11.1 Å². The summed E-state index contributed by atoms with van der Waals surface area (Å²) >= 11 is 0. The lowest BCUT2D eigenvalue weighted by atomic mass is 10.0. The van der Waals surface area contributed by atoms with Crippen LogP contribution in [0, 0.1) is 5.82 Å². The Morgan fingerprint density at radius 1 is 1.06 bits per heavy atom. The molecule has 10 heteroatoms. The van der Waals surface area contributed by atoms with Crippen LogP contribution in [0.15, 0.2) is 41.6 Å². The van der Waals surface area contributed by atoms with Gasteiger partial charge in [-0.15, -0.1) is 24.8 Å². The Bertz CT molecular complexity index is 1060. The van der Waals surface area contributed by atoms with Crippen molar-refractivity contribution in [3.8, 4) is 11.1 Å². The van der Waals surface area contributed by atoms with Gasteiger partial charge >= 0.3 is 0 Å². The van der Waals surface area contributed by atoms with E-state index in [1.807, 2.05) is 4.90 Å². The van der Waals surface area contributed by atoms with Crippen LogP contribution in [0.5, 0.6) is 0 Å². The van der Waals surface area contributed by atoms with Gasteiger partial charge in [-0.1, -0.05) is 13.0 Å². The van der Waals surface area contributed by atoms with Crippen molar-refractivity contribution in [2.24, 2.45) is 0 Å². The number of halogens is 3. The minimum atomic E-state index is -3.39. The maximum Gasteiger partial charge on any atom is 0.257 e. The SMILES string of the molecule is CCS(=O)(=O)c1ccc(-c2ccc(C(=O)N3CCC[C@H]3CN3CCCC3)c(F)c2)cn1.Cl.Cl. The number of hydrogen-bond acceptors (Lipinski definition) is 5. The predicted molar refractivity (Wildman–Crippen MR) is 132 cm³/mol. The number of sulfone groups is 1. The molecule has 182 valence electrons. The van der Waals surface area contributed by atoms with Gasteiger partial charge in [0, 0.05) is 30.9 Å². The van der Waals surface area contributed by atoms with E-state index < -0.39 is 15.7 Å². The number of nitrogens with zero attached hydrogens (tertiary/aromatic N) is 3. The molecule has 0 saturated carbocycles. The van der Waals surface area contributed by atoms with Gasteiger partial charge in [0.15, 0.2) is 14.9 Å². The lowest BCUT2D eigenvalue weighted by molar-refractivity contribution is 0.0704. The molecule has 2 aliphatic heterocycles. The highest BCUT2D eigenvalue weighted by molar-refractivity contribution is 7.91. The van der Waals surface area contributed by atoms with Crippen LogP contribution < -0.4 is 0 Å². The third-order valence-electron chi connectivity index (χ3n) is 6.27. The average molecular weight is 518 g/mol. The zero-order valence-electron chi connectivity index (χ0n) is 18.6. The monoisotopic (exact) mass is 517 g/mol. The van der Waals surface area contributed by atoms with E-state index in [4.69, 9.17) is 0 Å². The molecule has 6 nitrogen and oxygen atoms in total. The Labute approximate surface area is 207 Å². The number of rotatable bonds is 6. The van der Waals surface area contributed by atoms with Crippen molar-refractivity contribution < 1.29 is 17.6 Å². The molecule has 0 radical (unpaired) electrons. The van der Waals surface area contributed by atoms with E-state index >= 15 is 0 Å². The predicted octanol–water partition coefficient (Wildman–Crippen LogP) is 4.23. The topological polar surface area (TPSA) is 70.6 Å². The molecule has 0 aliphatic carbocycles. The number of pyridine rings is 1. The maximum absolute atomic E-state index is 14.9. The highest BCUT2D eigenvalue weighted by atomic mass is 35.5. The van der Waals surface area contributed by atoms with Gasteiger partial charge in [0.2, 0.25) is 0 Å². The molecule has 3 heterocycles. The second-order valence-electron chi connectivity index (χ2n) is 8.29. The number of benzene rings is 1. The zero-order valence-corrected chi connectivity index (χ0v) is 21.0. The normalized spacial score (nSPS) is 18.6. The van der Waals surface area contributed by atoms with E-state index in [2.05, 4.69) is 9.88 Å². The van der Waals surface area contributed by atoms with E-state index in [1.165, 1.54) is 37.2 Å². The summed E-state index contributed by atoms with van der Waals surface area (Å²) in [6.45, 7) is 5.24. The summed E-state index contributed by atoms with van der Waals surface area (Å²) < 4.78 is 38.8. The largest absolute Gasteiger partial charge is 0.334 e. The van der Waals surface area contributed by atoms with Crippen molar-refractivity contribution in [1.82, 2.24) is 14.8 Å². The molecule has 33 heavy (non-hydrogen) atoms. The first-order valence-corrected chi connectivity index (χ1v) is 12.6. The Balaban J connectivity index is 0.00000193. The van der Waals surface area contributed by atoms with Crippen molar-refractivity contribution in [3.05, 3.63) is 47.9 Å². The van der Waals surface area contributed by atoms with Crippen LogP contribution in [0.1, 0.15) is 43.0 Å². The Hall–Kier alpha value is -1.74. The third-order valence-corrected chi connectivity index (χ3v) is 7.91. The summed E-state index contributed by atoms with van der Waals surface area (Å²) in [7, 11) is -3.39. The van der Waals surface area contributed by atoms with Crippen molar-refractivity contribution in [2.75, 3.05) is 31.9 Å². The van der Waals surface area contributed by atoms with Gasteiger partial charge in [-0.3, -0.25) is 4.79 Å². The molecule has 2 saturated heterocycles. The molecular weight excluding hydrogens is 488 g/mol. The fraction of sp³-hybridized carbons (Fsp3) is 0.478. The van der Waals surface area contributed by atoms with E-state index in [1.54, 1.807) is 19.1 Å². The Kier molecular flexibility index (Phi) is 9.67. The first-order chi connectivity index (χ1) is 14.9. The number of carbonyl (C=O) groups excluding carboxylic acids is 1. The molecule has 1 aromatic heterocycles. The summed E-state index contributed by atoms with van der Waals surface area (Å²) in [4.78, 5) is 21.3. The molecule has 1 aromatic carbocycles. The van der Waals surface area contributed by atoms with E-state index in [0.29, 0.717) is 17.7 Å². The second kappa shape index (κ2) is 11.6. The summed E-state index contributed by atoms with van der Waals surface area (Å²) in [5.41, 5.74) is 1.23. The molecular formula is C23H30Cl2FN3O3S. The smallest absolute Gasteiger partial charge is 0.257 e. The van der Waals surface area contributed by atoms with Crippen molar-refractivity contribution >= 4 is 40.6 Å². The van der Waals surface area contributed by atoms with E-state index in [9.17, 15) is 17.6 Å². The Morgan fingerprint density at radius 2 is 1.76 bits per heavy atom. The summed E-state index contributed by atoms with van der Waals surface area (Å²) in [6, 6.07) is 7.71. The lowest BCUT2D eigenvalue weighted by Gasteiger charge is -2.28. The zero-order chi connectivity index (χ0) is 22.0. The minimum absolute atomic E-state index is 0. The van der Waals surface area contributed by atoms with Gasteiger partial charge in [0.25, 0.3) is 5.91 Å². The van der Waals surface area contributed by atoms with Crippen LogP contribution >= 0.6 is 24.8 Å². The number of likely N-dealkylation sites (tertiary alicyclic amines) is 2. The van der Waals surface area contributed by atoms with Gasteiger partial charge in [-0.05, 0) is 68.6 Å². The number of aromatic nitrogens is 1. The van der Waals surface area contributed by atoms with Crippen LogP contribution in [-0.4, -0.2) is 67.1 Å². The van der Waals surface area contributed by atoms with Gasteiger partial charge < -0.3 is 9.80 Å². The maximum atomic E-state index is 14.9. The van der Waals surface area contributed by atoms with E-state index in [0.717, 1.165) is 32.5 Å². The lowest BCUT2D eigenvalue weighted by Crippen LogP contribution is -2.42. The quantitative estimate of drug-likeness (QED) is 0.573. The van der Waals surface area contributed by atoms with Gasteiger partial charge in [0.05, 0.1) is 11.3 Å². The van der Waals surface area contributed by atoms with Crippen LogP contribution in [0.3, 0.4) is 0 Å².